The Hall–Kier alpha value is -3.10. The van der Waals surface area contributed by atoms with Gasteiger partial charge in [0.05, 0.1) is 33.4 Å². The number of halogens is 3. The van der Waals surface area contributed by atoms with Gasteiger partial charge >= 0.3 is 6.18 Å². The lowest BCUT2D eigenvalue weighted by Crippen LogP contribution is -2.23. The molecular formula is C18H19F3N2O4. The number of nitrogens with one attached hydrogen (secondary N) is 2. The lowest BCUT2D eigenvalue weighted by molar-refractivity contribution is -0.137. The second-order valence-electron chi connectivity index (χ2n) is 5.36. The van der Waals surface area contributed by atoms with E-state index in [0.717, 1.165) is 6.07 Å². The second kappa shape index (κ2) is 8.52. The highest BCUT2D eigenvalue weighted by molar-refractivity contribution is 5.94. The van der Waals surface area contributed by atoms with E-state index in [4.69, 9.17) is 14.2 Å². The largest absolute Gasteiger partial charge is 0.493 e. The molecule has 0 atom stereocenters. The van der Waals surface area contributed by atoms with E-state index < -0.39 is 17.6 Å². The molecule has 0 unspecified atom stereocenters. The molecule has 0 aliphatic carbocycles. The number of para-hydroxylation sites is 1. The molecule has 0 heterocycles. The van der Waals surface area contributed by atoms with Crippen molar-refractivity contribution in [1.29, 1.82) is 0 Å². The van der Waals surface area contributed by atoms with E-state index in [0.29, 0.717) is 22.9 Å². The molecule has 27 heavy (non-hydrogen) atoms. The number of rotatable bonds is 7. The number of benzene rings is 2. The fourth-order valence-electron chi connectivity index (χ4n) is 2.42. The molecule has 146 valence electrons. The number of carbonyl (C=O) groups excluding carboxylic acids is 1. The van der Waals surface area contributed by atoms with Gasteiger partial charge in [-0.05, 0) is 12.1 Å². The topological polar surface area (TPSA) is 68.8 Å². The van der Waals surface area contributed by atoms with Crippen LogP contribution in [0.4, 0.5) is 24.5 Å². The van der Waals surface area contributed by atoms with E-state index in [1.807, 2.05) is 0 Å². The molecule has 0 aliphatic rings. The zero-order valence-corrected chi connectivity index (χ0v) is 14.9. The molecule has 9 heteroatoms. The molecule has 0 fully saturated rings. The van der Waals surface area contributed by atoms with Gasteiger partial charge in [-0.2, -0.15) is 13.2 Å². The summed E-state index contributed by atoms with van der Waals surface area (Å²) >= 11 is 0. The number of carbonyl (C=O) groups is 1. The first kappa shape index (κ1) is 20.2. The summed E-state index contributed by atoms with van der Waals surface area (Å²) in [6, 6.07) is 7.97. The van der Waals surface area contributed by atoms with Crippen LogP contribution in [-0.4, -0.2) is 33.8 Å². The Kier molecular flexibility index (Phi) is 6.38. The SMILES string of the molecule is COc1cc(NC(=O)CNc2ccccc2C(F)(F)F)cc(OC)c1OC. The number of hydrogen-bond donors (Lipinski definition) is 2. The lowest BCUT2D eigenvalue weighted by Gasteiger charge is -2.16. The molecule has 0 saturated carbocycles. The second-order valence-corrected chi connectivity index (χ2v) is 5.36. The van der Waals surface area contributed by atoms with E-state index in [9.17, 15) is 18.0 Å². The van der Waals surface area contributed by atoms with Crippen LogP contribution in [0, 0.1) is 0 Å². The number of ether oxygens (including phenoxy) is 3. The van der Waals surface area contributed by atoms with Gasteiger partial charge in [0.25, 0.3) is 0 Å². The van der Waals surface area contributed by atoms with Crippen LogP contribution in [-0.2, 0) is 11.0 Å². The zero-order chi connectivity index (χ0) is 20.0. The Labute approximate surface area is 154 Å². The summed E-state index contributed by atoms with van der Waals surface area (Å²) in [5.41, 5.74) is -0.670. The van der Waals surface area contributed by atoms with Crippen LogP contribution in [0.25, 0.3) is 0 Å². The monoisotopic (exact) mass is 384 g/mol. The molecule has 0 aromatic heterocycles. The molecule has 2 aromatic carbocycles. The maximum absolute atomic E-state index is 13.0. The molecule has 2 N–H and O–H groups in total. The molecule has 0 bridgehead atoms. The first-order chi connectivity index (χ1) is 12.8. The standard InChI is InChI=1S/C18H19F3N2O4/c1-25-14-8-11(9-15(26-2)17(14)27-3)23-16(24)10-22-13-7-5-4-6-12(13)18(19,20)21/h4-9,22H,10H2,1-3H3,(H,23,24). The van der Waals surface area contributed by atoms with E-state index in [-0.39, 0.29) is 12.2 Å². The van der Waals surface area contributed by atoms with Crippen LogP contribution in [0.3, 0.4) is 0 Å². The third kappa shape index (κ3) is 4.96. The number of hydrogen-bond acceptors (Lipinski definition) is 5. The summed E-state index contributed by atoms with van der Waals surface area (Å²) in [5, 5.41) is 5.07. The number of alkyl halides is 3. The van der Waals surface area contributed by atoms with Crippen molar-refractivity contribution >= 4 is 17.3 Å². The minimum atomic E-state index is -4.52. The van der Waals surface area contributed by atoms with Crippen LogP contribution in [0.1, 0.15) is 5.56 Å². The van der Waals surface area contributed by atoms with Gasteiger partial charge < -0.3 is 24.8 Å². The summed E-state index contributed by atoms with van der Waals surface area (Å²) in [4.78, 5) is 12.1. The lowest BCUT2D eigenvalue weighted by atomic mass is 10.1. The molecule has 1 amide bonds. The van der Waals surface area contributed by atoms with Crippen LogP contribution in [0.2, 0.25) is 0 Å². The first-order valence-corrected chi connectivity index (χ1v) is 7.80. The van der Waals surface area contributed by atoms with E-state index in [1.54, 1.807) is 0 Å². The molecular weight excluding hydrogens is 365 g/mol. The van der Waals surface area contributed by atoms with Crippen molar-refractivity contribution in [2.24, 2.45) is 0 Å². The quantitative estimate of drug-likeness (QED) is 0.760. The highest BCUT2D eigenvalue weighted by Crippen LogP contribution is 2.40. The molecule has 0 aliphatic heterocycles. The third-order valence-electron chi connectivity index (χ3n) is 3.62. The van der Waals surface area contributed by atoms with Crippen molar-refractivity contribution in [3.05, 3.63) is 42.0 Å². The maximum atomic E-state index is 13.0. The Morgan fingerprint density at radius 1 is 1.00 bits per heavy atom. The minimum absolute atomic E-state index is 0.176. The van der Waals surface area contributed by atoms with E-state index >= 15 is 0 Å². The Morgan fingerprint density at radius 3 is 2.11 bits per heavy atom. The number of methoxy groups -OCH3 is 3. The van der Waals surface area contributed by atoms with Crippen molar-refractivity contribution < 1.29 is 32.2 Å². The predicted molar refractivity (Wildman–Crippen MR) is 94.7 cm³/mol. The molecule has 2 aromatic rings. The van der Waals surface area contributed by atoms with Crippen LogP contribution in [0.15, 0.2) is 36.4 Å². The van der Waals surface area contributed by atoms with Gasteiger partial charge in [-0.1, -0.05) is 12.1 Å². The van der Waals surface area contributed by atoms with Crippen molar-refractivity contribution in [1.82, 2.24) is 0 Å². The third-order valence-corrected chi connectivity index (χ3v) is 3.62. The van der Waals surface area contributed by atoms with E-state index in [2.05, 4.69) is 10.6 Å². The highest BCUT2D eigenvalue weighted by atomic mass is 19.4. The zero-order valence-electron chi connectivity index (χ0n) is 14.9. The summed E-state index contributed by atoms with van der Waals surface area (Å²) in [7, 11) is 4.30. The Morgan fingerprint density at radius 2 is 1.59 bits per heavy atom. The number of anilines is 2. The average Bonchev–Trinajstić information content (AvgIpc) is 2.65. The predicted octanol–water partition coefficient (Wildman–Crippen LogP) is 3.78. The van der Waals surface area contributed by atoms with Gasteiger partial charge in [-0.25, -0.2) is 0 Å². The van der Waals surface area contributed by atoms with Gasteiger partial charge in [0, 0.05) is 23.5 Å². The van der Waals surface area contributed by atoms with Crippen LogP contribution in [0.5, 0.6) is 17.2 Å². The summed E-state index contributed by atoms with van der Waals surface area (Å²) in [6.07, 6.45) is -4.52. The number of amides is 1. The van der Waals surface area contributed by atoms with E-state index in [1.165, 1.54) is 51.7 Å². The highest BCUT2D eigenvalue weighted by Gasteiger charge is 2.33. The fourth-order valence-corrected chi connectivity index (χ4v) is 2.42. The molecule has 0 spiro atoms. The summed E-state index contributed by atoms with van der Waals surface area (Å²) in [5.74, 6) is 0.488. The molecule has 6 nitrogen and oxygen atoms in total. The van der Waals surface area contributed by atoms with Crippen molar-refractivity contribution in [2.75, 3.05) is 38.5 Å². The van der Waals surface area contributed by atoms with Gasteiger partial charge in [0.15, 0.2) is 11.5 Å². The van der Waals surface area contributed by atoms with Gasteiger partial charge in [-0.15, -0.1) is 0 Å². The van der Waals surface area contributed by atoms with Gasteiger partial charge in [-0.3, -0.25) is 4.79 Å². The fraction of sp³-hybridized carbons (Fsp3) is 0.278. The first-order valence-electron chi connectivity index (χ1n) is 7.80. The molecule has 0 radical (unpaired) electrons. The van der Waals surface area contributed by atoms with Gasteiger partial charge in [0.2, 0.25) is 11.7 Å². The van der Waals surface area contributed by atoms with Crippen LogP contribution >= 0.6 is 0 Å². The summed E-state index contributed by atoms with van der Waals surface area (Å²) in [6.45, 7) is -0.357. The van der Waals surface area contributed by atoms with Crippen LogP contribution < -0.4 is 24.8 Å². The maximum Gasteiger partial charge on any atom is 0.418 e. The molecule has 0 saturated heterocycles. The smallest absolute Gasteiger partial charge is 0.418 e. The van der Waals surface area contributed by atoms with Crippen molar-refractivity contribution in [3.8, 4) is 17.2 Å². The normalized spacial score (nSPS) is 10.9. The Balaban J connectivity index is 2.11. The molecule has 2 rings (SSSR count). The Bertz CT molecular complexity index is 784. The average molecular weight is 384 g/mol. The van der Waals surface area contributed by atoms with Crippen molar-refractivity contribution in [3.63, 3.8) is 0 Å². The van der Waals surface area contributed by atoms with Gasteiger partial charge in [0.1, 0.15) is 0 Å². The summed E-state index contributed by atoms with van der Waals surface area (Å²) < 4.78 is 54.5. The van der Waals surface area contributed by atoms with Crippen molar-refractivity contribution in [2.45, 2.75) is 6.18 Å². The minimum Gasteiger partial charge on any atom is -0.493 e.